The van der Waals surface area contributed by atoms with Gasteiger partial charge in [0.15, 0.2) is 0 Å². The minimum Gasteiger partial charge on any atom is -0.358 e. The predicted octanol–water partition coefficient (Wildman–Crippen LogP) is 0.756. The first-order valence-electron chi connectivity index (χ1n) is 4.63. The van der Waals surface area contributed by atoms with Crippen LogP contribution < -0.4 is 0 Å². The molecule has 3 rings (SSSR count). The highest BCUT2D eigenvalue weighted by Gasteiger charge is 2.25. The molecule has 0 aliphatic rings. The van der Waals surface area contributed by atoms with Crippen molar-refractivity contribution in [3.05, 3.63) is 33.8 Å². The Hall–Kier alpha value is -2.80. The van der Waals surface area contributed by atoms with Crippen molar-refractivity contribution in [3.63, 3.8) is 0 Å². The second-order valence-corrected chi connectivity index (χ2v) is 4.07. The van der Waals surface area contributed by atoms with Crippen molar-refractivity contribution in [2.75, 3.05) is 0 Å². The molecule has 9 nitrogen and oxygen atoms in total. The van der Waals surface area contributed by atoms with E-state index in [0.717, 1.165) is 4.68 Å². The molecule has 0 unspecified atom stereocenters. The van der Waals surface area contributed by atoms with Gasteiger partial charge in [0, 0.05) is 5.38 Å². The van der Waals surface area contributed by atoms with Crippen LogP contribution in [0, 0.1) is 21.4 Å². The Morgan fingerprint density at radius 1 is 1.56 bits per heavy atom. The number of aromatic nitrogens is 5. The Labute approximate surface area is 103 Å². The average Bonchev–Trinajstić information content (AvgIpc) is 3.02. The van der Waals surface area contributed by atoms with Crippen molar-refractivity contribution in [2.45, 2.75) is 0 Å². The maximum Gasteiger partial charge on any atom is 0.375 e. The van der Waals surface area contributed by atoms with Gasteiger partial charge >= 0.3 is 5.82 Å². The summed E-state index contributed by atoms with van der Waals surface area (Å²) >= 11 is 1.27. The molecule has 0 spiro atoms. The zero-order chi connectivity index (χ0) is 12.7. The largest absolute Gasteiger partial charge is 0.375 e. The maximum atomic E-state index is 11.1. The van der Waals surface area contributed by atoms with Gasteiger partial charge in [-0.1, -0.05) is 11.3 Å². The fourth-order valence-electron chi connectivity index (χ4n) is 1.50. The van der Waals surface area contributed by atoms with E-state index >= 15 is 0 Å². The van der Waals surface area contributed by atoms with Gasteiger partial charge in [0.2, 0.25) is 0 Å². The van der Waals surface area contributed by atoms with Crippen LogP contribution in [0.15, 0.2) is 17.9 Å². The summed E-state index contributed by atoms with van der Waals surface area (Å²) in [6.07, 6.45) is 2.77. The molecule has 3 aromatic heterocycles. The quantitative estimate of drug-likeness (QED) is 0.496. The fourth-order valence-corrected chi connectivity index (χ4v) is 2.21. The molecular weight excluding hydrogens is 258 g/mol. The lowest BCUT2D eigenvalue weighted by Crippen LogP contribution is -2.01. The second-order valence-electron chi connectivity index (χ2n) is 3.20. The van der Waals surface area contributed by atoms with Gasteiger partial charge in [-0.3, -0.25) is 0 Å². The monoisotopic (exact) mass is 261 g/mol. The molecule has 0 aromatic carbocycles. The van der Waals surface area contributed by atoms with E-state index in [1.165, 1.54) is 22.1 Å². The molecule has 0 fully saturated rings. The summed E-state index contributed by atoms with van der Waals surface area (Å²) in [5.74, 6) is -0.234. The summed E-state index contributed by atoms with van der Waals surface area (Å²) in [7, 11) is 0. The standard InChI is InChI=1S/C8H3N7O2S/c9-3-5-10-4-14(12-5)6-7(15(16)17)13-1-2-18-8(13)11-6/h1-2,4H. The predicted molar refractivity (Wildman–Crippen MR) is 59.4 cm³/mol. The maximum absolute atomic E-state index is 11.1. The van der Waals surface area contributed by atoms with E-state index in [1.54, 1.807) is 17.6 Å². The smallest absolute Gasteiger partial charge is 0.358 e. The number of thiazole rings is 1. The first-order chi connectivity index (χ1) is 8.70. The number of nitriles is 1. The molecule has 0 saturated carbocycles. The van der Waals surface area contributed by atoms with Crippen molar-refractivity contribution in [1.29, 1.82) is 5.26 Å². The van der Waals surface area contributed by atoms with Crippen molar-refractivity contribution in [1.82, 2.24) is 24.1 Å². The Morgan fingerprint density at radius 2 is 2.39 bits per heavy atom. The van der Waals surface area contributed by atoms with E-state index in [-0.39, 0.29) is 17.5 Å². The van der Waals surface area contributed by atoms with E-state index in [9.17, 15) is 10.1 Å². The lowest BCUT2D eigenvalue weighted by molar-refractivity contribution is -0.390. The number of hydrogen-bond donors (Lipinski definition) is 0. The first-order valence-corrected chi connectivity index (χ1v) is 5.51. The number of fused-ring (bicyclic) bond motifs is 1. The minimum atomic E-state index is -0.546. The summed E-state index contributed by atoms with van der Waals surface area (Å²) in [6.45, 7) is 0. The molecular formula is C8H3N7O2S. The number of hydrogen-bond acceptors (Lipinski definition) is 7. The van der Waals surface area contributed by atoms with Crippen LogP contribution >= 0.6 is 11.3 Å². The van der Waals surface area contributed by atoms with Gasteiger partial charge in [-0.2, -0.15) is 19.3 Å². The highest BCUT2D eigenvalue weighted by molar-refractivity contribution is 7.15. The summed E-state index contributed by atoms with van der Waals surface area (Å²) < 4.78 is 2.48. The highest BCUT2D eigenvalue weighted by Crippen LogP contribution is 2.26. The molecule has 18 heavy (non-hydrogen) atoms. The lowest BCUT2D eigenvalue weighted by Gasteiger charge is -1.95. The van der Waals surface area contributed by atoms with E-state index < -0.39 is 4.92 Å². The average molecular weight is 261 g/mol. The molecule has 3 heterocycles. The zero-order valence-corrected chi connectivity index (χ0v) is 9.40. The minimum absolute atomic E-state index is 0.0425. The van der Waals surface area contributed by atoms with Gasteiger partial charge in [0.25, 0.3) is 16.6 Å². The van der Waals surface area contributed by atoms with Crippen LogP contribution in [0.3, 0.4) is 0 Å². The fraction of sp³-hybridized carbons (Fsp3) is 0. The summed E-state index contributed by atoms with van der Waals surface area (Å²) in [5.41, 5.74) is 0. The van der Waals surface area contributed by atoms with Crippen molar-refractivity contribution >= 4 is 22.1 Å². The molecule has 0 radical (unpaired) electrons. The lowest BCUT2D eigenvalue weighted by atomic mass is 10.6. The van der Waals surface area contributed by atoms with E-state index in [0.29, 0.717) is 4.96 Å². The van der Waals surface area contributed by atoms with E-state index in [4.69, 9.17) is 5.26 Å². The second kappa shape index (κ2) is 3.60. The molecule has 0 N–H and O–H groups in total. The molecule has 0 aliphatic heterocycles. The van der Waals surface area contributed by atoms with Crippen molar-refractivity contribution in [3.8, 4) is 11.9 Å². The van der Waals surface area contributed by atoms with Gasteiger partial charge in [-0.25, -0.2) is 4.98 Å². The molecule has 0 saturated heterocycles. The number of nitrogens with zero attached hydrogens (tertiary/aromatic N) is 7. The molecule has 88 valence electrons. The van der Waals surface area contributed by atoms with Crippen LogP contribution in [0.4, 0.5) is 5.82 Å². The van der Waals surface area contributed by atoms with Gasteiger partial charge in [0.05, 0.1) is 0 Å². The molecule has 0 atom stereocenters. The summed E-state index contributed by atoms with van der Waals surface area (Å²) in [4.78, 5) is 18.8. The summed E-state index contributed by atoms with van der Waals surface area (Å²) in [6, 6.07) is 1.75. The van der Waals surface area contributed by atoms with Crippen LogP contribution in [0.2, 0.25) is 0 Å². The molecule has 3 aromatic rings. The third-order valence-electron chi connectivity index (χ3n) is 2.20. The normalized spacial score (nSPS) is 10.6. The summed E-state index contributed by atoms with van der Waals surface area (Å²) in [5, 5.41) is 25.2. The molecule has 0 aliphatic carbocycles. The van der Waals surface area contributed by atoms with Gasteiger partial charge in [-0.05, 0) is 4.92 Å². The van der Waals surface area contributed by atoms with E-state index in [1.807, 2.05) is 0 Å². The highest BCUT2D eigenvalue weighted by atomic mass is 32.1. The number of imidazole rings is 1. The van der Waals surface area contributed by atoms with Crippen LogP contribution in [0.1, 0.15) is 5.82 Å². The van der Waals surface area contributed by atoms with Crippen molar-refractivity contribution < 1.29 is 4.92 Å². The van der Waals surface area contributed by atoms with Crippen LogP contribution in [0.5, 0.6) is 0 Å². The third kappa shape index (κ3) is 1.35. The number of nitro groups is 1. The Bertz CT molecular complexity index is 792. The van der Waals surface area contributed by atoms with E-state index in [2.05, 4.69) is 15.1 Å². The number of rotatable bonds is 2. The SMILES string of the molecule is N#Cc1ncn(-c2nc3sccn3c2[N+](=O)[O-])n1. The Balaban J connectivity index is 2.28. The van der Waals surface area contributed by atoms with Crippen molar-refractivity contribution in [2.24, 2.45) is 0 Å². The Kier molecular flexibility index (Phi) is 2.07. The van der Waals surface area contributed by atoms with Gasteiger partial charge < -0.3 is 10.1 Å². The molecule has 0 amide bonds. The van der Waals surface area contributed by atoms with Crippen LogP contribution in [-0.2, 0) is 0 Å². The van der Waals surface area contributed by atoms with Crippen LogP contribution in [-0.4, -0.2) is 29.1 Å². The Morgan fingerprint density at radius 3 is 3.06 bits per heavy atom. The van der Waals surface area contributed by atoms with Gasteiger partial charge in [0.1, 0.15) is 18.6 Å². The first kappa shape index (κ1) is 10.4. The third-order valence-corrected chi connectivity index (χ3v) is 2.96. The molecule has 10 heteroatoms. The topological polar surface area (TPSA) is 115 Å². The van der Waals surface area contributed by atoms with Crippen LogP contribution in [0.25, 0.3) is 10.8 Å². The zero-order valence-electron chi connectivity index (χ0n) is 8.59. The molecule has 0 bridgehead atoms. The van der Waals surface area contributed by atoms with Gasteiger partial charge in [-0.15, -0.1) is 5.10 Å².